The summed E-state index contributed by atoms with van der Waals surface area (Å²) in [6.07, 6.45) is 6.76. The molecule has 4 heteroatoms. The number of nitrogens with one attached hydrogen (secondary N) is 1. The van der Waals surface area contributed by atoms with E-state index >= 15 is 0 Å². The van der Waals surface area contributed by atoms with E-state index in [4.69, 9.17) is 4.74 Å². The van der Waals surface area contributed by atoms with Crippen molar-refractivity contribution >= 4 is 11.8 Å². The molecule has 16 heavy (non-hydrogen) atoms. The number of hydrogen-bond acceptors (Lipinski definition) is 4. The standard InChI is InChI=1S/C12H18N2OS/c1-15-11-4-3-10(8-14-11)7-13-9-12(16-2)5-6-12/h3-4,8,13H,5-7,9H2,1-2H3. The largest absolute Gasteiger partial charge is 0.481 e. The van der Waals surface area contributed by atoms with Gasteiger partial charge in [-0.25, -0.2) is 4.98 Å². The minimum absolute atomic E-state index is 0.528. The van der Waals surface area contributed by atoms with E-state index in [1.807, 2.05) is 24.0 Å². The van der Waals surface area contributed by atoms with Gasteiger partial charge in [-0.2, -0.15) is 11.8 Å². The van der Waals surface area contributed by atoms with Crippen LogP contribution < -0.4 is 10.1 Å². The molecule has 1 aromatic heterocycles. The highest BCUT2D eigenvalue weighted by Crippen LogP contribution is 2.46. The molecule has 1 N–H and O–H groups in total. The highest BCUT2D eigenvalue weighted by molar-refractivity contribution is 8.00. The number of hydrogen-bond donors (Lipinski definition) is 1. The van der Waals surface area contributed by atoms with E-state index < -0.39 is 0 Å². The van der Waals surface area contributed by atoms with Crippen molar-refractivity contribution in [2.45, 2.75) is 24.1 Å². The normalized spacial score (nSPS) is 17.1. The molecule has 0 spiro atoms. The number of pyridine rings is 1. The van der Waals surface area contributed by atoms with Crippen LogP contribution in [0.5, 0.6) is 5.88 Å². The molecule has 1 aromatic rings. The minimum Gasteiger partial charge on any atom is -0.481 e. The van der Waals surface area contributed by atoms with E-state index in [0.717, 1.165) is 13.1 Å². The summed E-state index contributed by atoms with van der Waals surface area (Å²) in [6, 6.07) is 3.95. The summed E-state index contributed by atoms with van der Waals surface area (Å²) in [6.45, 7) is 1.99. The first kappa shape index (κ1) is 11.7. The van der Waals surface area contributed by atoms with Gasteiger partial charge in [0.05, 0.1) is 7.11 Å². The van der Waals surface area contributed by atoms with Crippen molar-refractivity contribution in [2.75, 3.05) is 19.9 Å². The molecule has 0 amide bonds. The summed E-state index contributed by atoms with van der Waals surface area (Å²) in [7, 11) is 1.63. The maximum Gasteiger partial charge on any atom is 0.212 e. The number of thioether (sulfide) groups is 1. The predicted octanol–water partition coefficient (Wildman–Crippen LogP) is 2.08. The van der Waals surface area contributed by atoms with Crippen molar-refractivity contribution in [3.05, 3.63) is 23.9 Å². The van der Waals surface area contributed by atoms with Crippen molar-refractivity contribution in [2.24, 2.45) is 0 Å². The molecule has 0 saturated heterocycles. The van der Waals surface area contributed by atoms with Gasteiger partial charge in [-0.3, -0.25) is 0 Å². The topological polar surface area (TPSA) is 34.1 Å². The molecule has 2 rings (SSSR count). The molecule has 1 aliphatic carbocycles. The van der Waals surface area contributed by atoms with Crippen LogP contribution in [0.15, 0.2) is 18.3 Å². The number of methoxy groups -OCH3 is 1. The second-order valence-electron chi connectivity index (χ2n) is 4.20. The Bertz CT molecular complexity index is 335. The highest BCUT2D eigenvalue weighted by Gasteiger charge is 2.41. The molecule has 0 bridgehead atoms. The first-order valence-corrected chi connectivity index (χ1v) is 6.75. The third-order valence-electron chi connectivity index (χ3n) is 3.02. The van der Waals surface area contributed by atoms with Crippen LogP contribution in [0, 0.1) is 0 Å². The van der Waals surface area contributed by atoms with Gasteiger partial charge < -0.3 is 10.1 Å². The van der Waals surface area contributed by atoms with Crippen LogP contribution in [0.25, 0.3) is 0 Å². The molecular formula is C12H18N2OS. The lowest BCUT2D eigenvalue weighted by Gasteiger charge is -2.12. The van der Waals surface area contributed by atoms with Gasteiger partial charge >= 0.3 is 0 Å². The van der Waals surface area contributed by atoms with Crippen molar-refractivity contribution in [3.63, 3.8) is 0 Å². The van der Waals surface area contributed by atoms with E-state index in [-0.39, 0.29) is 0 Å². The minimum atomic E-state index is 0.528. The van der Waals surface area contributed by atoms with Crippen LogP contribution in [0.1, 0.15) is 18.4 Å². The second-order valence-corrected chi connectivity index (χ2v) is 5.47. The fourth-order valence-corrected chi connectivity index (χ4v) is 2.42. The Kier molecular flexibility index (Phi) is 3.71. The Balaban J connectivity index is 1.76. The Morgan fingerprint density at radius 3 is 2.81 bits per heavy atom. The maximum atomic E-state index is 5.02. The zero-order valence-corrected chi connectivity index (χ0v) is 10.6. The van der Waals surface area contributed by atoms with Gasteiger partial charge in [0.15, 0.2) is 0 Å². The van der Waals surface area contributed by atoms with E-state index in [9.17, 15) is 0 Å². The fourth-order valence-electron chi connectivity index (χ4n) is 1.66. The average molecular weight is 238 g/mol. The summed E-state index contributed by atoms with van der Waals surface area (Å²) in [4.78, 5) is 4.18. The fraction of sp³-hybridized carbons (Fsp3) is 0.583. The van der Waals surface area contributed by atoms with Gasteiger partial charge in [0.1, 0.15) is 0 Å². The van der Waals surface area contributed by atoms with Gasteiger partial charge in [-0.15, -0.1) is 0 Å². The molecule has 0 aliphatic heterocycles. The summed E-state index contributed by atoms with van der Waals surface area (Å²) in [5.74, 6) is 0.673. The third kappa shape index (κ3) is 2.89. The first-order chi connectivity index (χ1) is 7.78. The van der Waals surface area contributed by atoms with Crippen LogP contribution in [0.2, 0.25) is 0 Å². The molecule has 1 saturated carbocycles. The molecule has 1 aliphatic rings. The second kappa shape index (κ2) is 5.06. The van der Waals surface area contributed by atoms with Gasteiger partial charge in [-0.05, 0) is 24.7 Å². The van der Waals surface area contributed by atoms with Crippen LogP contribution in [0.4, 0.5) is 0 Å². The van der Waals surface area contributed by atoms with Crippen LogP contribution in [-0.2, 0) is 6.54 Å². The van der Waals surface area contributed by atoms with E-state index in [1.54, 1.807) is 7.11 Å². The molecule has 88 valence electrons. The van der Waals surface area contributed by atoms with Crippen LogP contribution >= 0.6 is 11.8 Å². The molecule has 0 unspecified atom stereocenters. The molecular weight excluding hydrogens is 220 g/mol. The van der Waals surface area contributed by atoms with Crippen molar-refractivity contribution in [3.8, 4) is 5.88 Å². The lowest BCUT2D eigenvalue weighted by atomic mass is 10.3. The summed E-state index contributed by atoms with van der Waals surface area (Å²) in [5.41, 5.74) is 1.21. The zero-order valence-electron chi connectivity index (χ0n) is 9.82. The predicted molar refractivity (Wildman–Crippen MR) is 68.0 cm³/mol. The highest BCUT2D eigenvalue weighted by atomic mass is 32.2. The van der Waals surface area contributed by atoms with Crippen LogP contribution in [-0.4, -0.2) is 29.6 Å². The van der Waals surface area contributed by atoms with E-state index in [0.29, 0.717) is 10.6 Å². The summed E-state index contributed by atoms with van der Waals surface area (Å²) < 4.78 is 5.55. The number of ether oxygens (including phenoxy) is 1. The van der Waals surface area contributed by atoms with E-state index in [2.05, 4.69) is 22.6 Å². The van der Waals surface area contributed by atoms with Crippen molar-refractivity contribution in [1.29, 1.82) is 0 Å². The number of aromatic nitrogens is 1. The van der Waals surface area contributed by atoms with Crippen molar-refractivity contribution in [1.82, 2.24) is 10.3 Å². The molecule has 0 radical (unpaired) electrons. The smallest absolute Gasteiger partial charge is 0.212 e. The maximum absolute atomic E-state index is 5.02. The Morgan fingerprint density at radius 1 is 1.50 bits per heavy atom. The third-order valence-corrected chi connectivity index (χ3v) is 4.44. The summed E-state index contributed by atoms with van der Waals surface area (Å²) in [5, 5.41) is 3.49. The van der Waals surface area contributed by atoms with Gasteiger partial charge in [0.2, 0.25) is 5.88 Å². The molecule has 0 atom stereocenters. The Labute approximate surface area is 101 Å². The van der Waals surface area contributed by atoms with Gasteiger partial charge in [-0.1, -0.05) is 6.07 Å². The Hall–Kier alpha value is -0.740. The lowest BCUT2D eigenvalue weighted by Crippen LogP contribution is -2.25. The van der Waals surface area contributed by atoms with Gasteiger partial charge in [0, 0.05) is 30.1 Å². The van der Waals surface area contributed by atoms with Gasteiger partial charge in [0.25, 0.3) is 0 Å². The monoisotopic (exact) mass is 238 g/mol. The quantitative estimate of drug-likeness (QED) is 0.823. The zero-order chi connectivity index (χ0) is 11.4. The number of rotatable bonds is 6. The van der Waals surface area contributed by atoms with Crippen molar-refractivity contribution < 1.29 is 4.74 Å². The SMILES string of the molecule is COc1ccc(CNCC2(SC)CC2)cn1. The lowest BCUT2D eigenvalue weighted by molar-refractivity contribution is 0.397. The summed E-state index contributed by atoms with van der Waals surface area (Å²) >= 11 is 1.98. The van der Waals surface area contributed by atoms with E-state index in [1.165, 1.54) is 18.4 Å². The molecule has 1 heterocycles. The van der Waals surface area contributed by atoms with Crippen LogP contribution in [0.3, 0.4) is 0 Å². The molecule has 0 aromatic carbocycles. The average Bonchev–Trinajstić information content (AvgIpc) is 3.11. The Morgan fingerprint density at radius 2 is 2.31 bits per heavy atom. The first-order valence-electron chi connectivity index (χ1n) is 5.53. The molecule has 1 fully saturated rings. The number of nitrogens with zero attached hydrogens (tertiary/aromatic N) is 1. The molecule has 3 nitrogen and oxygen atoms in total.